The number of esters is 1. The predicted molar refractivity (Wildman–Crippen MR) is 133 cm³/mol. The van der Waals surface area contributed by atoms with E-state index in [4.69, 9.17) is 27.9 Å². The zero-order valence-corrected chi connectivity index (χ0v) is 20.6. The van der Waals surface area contributed by atoms with Crippen LogP contribution in [0, 0.1) is 0 Å². The van der Waals surface area contributed by atoms with Crippen LogP contribution >= 0.6 is 23.2 Å². The Morgan fingerprint density at radius 3 is 2.56 bits per heavy atom. The van der Waals surface area contributed by atoms with Gasteiger partial charge in [0.25, 0.3) is 0 Å². The number of benzene rings is 2. The van der Waals surface area contributed by atoms with Gasteiger partial charge in [0.2, 0.25) is 0 Å². The summed E-state index contributed by atoms with van der Waals surface area (Å²) < 4.78 is 5.27. The molecule has 8 nitrogen and oxygen atoms in total. The van der Waals surface area contributed by atoms with Crippen molar-refractivity contribution in [3.63, 3.8) is 0 Å². The molecule has 1 unspecified atom stereocenters. The number of rotatable bonds is 7. The summed E-state index contributed by atoms with van der Waals surface area (Å²) in [5.74, 6) is -0.500. The molecule has 3 N–H and O–H groups in total. The maximum absolute atomic E-state index is 12.8. The Balaban J connectivity index is 1.87. The summed E-state index contributed by atoms with van der Waals surface area (Å²) in [6, 6.07) is 10.1. The second-order valence-electron chi connectivity index (χ2n) is 7.58. The van der Waals surface area contributed by atoms with E-state index in [9.17, 15) is 14.4 Å². The molecule has 2 aromatic rings. The Labute approximate surface area is 208 Å². The standard InChI is InChI=1S/C24H26Cl2N4O4/c1-4-11-30-14(3)20(22(31)34-5-2)21(29-24(30)33)15-7-6-8-17(12-15)27-23(32)28-19-10-9-16(25)13-18(19)26/h6-10,12-13,21H,4-5,11H2,1-3H3,(H,29,33)(H2,27,28,32). The van der Waals surface area contributed by atoms with Crippen LogP contribution in [0.2, 0.25) is 10.0 Å². The van der Waals surface area contributed by atoms with Crippen LogP contribution < -0.4 is 16.0 Å². The molecule has 0 saturated carbocycles. The van der Waals surface area contributed by atoms with Crippen molar-refractivity contribution in [2.24, 2.45) is 0 Å². The molecule has 10 heteroatoms. The van der Waals surface area contributed by atoms with Gasteiger partial charge in [0.05, 0.1) is 28.9 Å². The Bertz CT molecular complexity index is 1140. The van der Waals surface area contributed by atoms with Crippen LogP contribution in [-0.4, -0.2) is 36.1 Å². The van der Waals surface area contributed by atoms with Gasteiger partial charge in [-0.05, 0) is 56.2 Å². The summed E-state index contributed by atoms with van der Waals surface area (Å²) in [5.41, 5.74) is 2.38. The van der Waals surface area contributed by atoms with Gasteiger partial charge in [-0.25, -0.2) is 14.4 Å². The molecule has 0 aromatic heterocycles. The van der Waals surface area contributed by atoms with E-state index in [1.807, 2.05) is 6.92 Å². The second-order valence-corrected chi connectivity index (χ2v) is 8.43. The van der Waals surface area contributed by atoms with E-state index in [0.717, 1.165) is 6.42 Å². The van der Waals surface area contributed by atoms with Crippen LogP contribution in [0.1, 0.15) is 38.8 Å². The summed E-state index contributed by atoms with van der Waals surface area (Å²) in [5, 5.41) is 9.05. The topological polar surface area (TPSA) is 99.8 Å². The van der Waals surface area contributed by atoms with E-state index in [1.54, 1.807) is 50.2 Å². The molecule has 1 aliphatic heterocycles. The number of halogens is 2. The highest BCUT2D eigenvalue weighted by Crippen LogP contribution is 2.32. The number of anilines is 2. The van der Waals surface area contributed by atoms with Crippen molar-refractivity contribution >= 4 is 52.6 Å². The van der Waals surface area contributed by atoms with E-state index < -0.39 is 18.0 Å². The average Bonchev–Trinajstić information content (AvgIpc) is 2.78. The summed E-state index contributed by atoms with van der Waals surface area (Å²) in [7, 11) is 0. The van der Waals surface area contributed by atoms with Crippen molar-refractivity contribution in [1.82, 2.24) is 10.2 Å². The van der Waals surface area contributed by atoms with Gasteiger partial charge < -0.3 is 20.7 Å². The largest absolute Gasteiger partial charge is 0.463 e. The van der Waals surface area contributed by atoms with E-state index in [1.165, 1.54) is 11.0 Å². The molecular formula is C24H26Cl2N4O4. The quantitative estimate of drug-likeness (QED) is 0.405. The highest BCUT2D eigenvalue weighted by Gasteiger charge is 2.36. The van der Waals surface area contributed by atoms with Crippen molar-refractivity contribution in [2.45, 2.75) is 33.2 Å². The minimum absolute atomic E-state index is 0.207. The zero-order chi connectivity index (χ0) is 24.8. The Hall–Kier alpha value is -3.23. The molecule has 0 fully saturated rings. The molecule has 0 spiro atoms. The lowest BCUT2D eigenvalue weighted by Gasteiger charge is -2.35. The number of hydrogen-bond donors (Lipinski definition) is 3. The smallest absolute Gasteiger partial charge is 0.338 e. The molecule has 0 aliphatic carbocycles. The first-order valence-corrected chi connectivity index (χ1v) is 11.6. The number of ether oxygens (including phenoxy) is 1. The number of allylic oxidation sites excluding steroid dienone is 1. The van der Waals surface area contributed by atoms with Crippen LogP contribution in [0.5, 0.6) is 0 Å². The Morgan fingerprint density at radius 2 is 1.88 bits per heavy atom. The number of hydrogen-bond acceptors (Lipinski definition) is 4. The fraction of sp³-hybridized carbons (Fsp3) is 0.292. The molecular weight excluding hydrogens is 479 g/mol. The monoisotopic (exact) mass is 504 g/mol. The first-order chi connectivity index (χ1) is 16.2. The van der Waals surface area contributed by atoms with Crippen molar-refractivity contribution in [3.05, 3.63) is 69.3 Å². The van der Waals surface area contributed by atoms with E-state index in [2.05, 4.69) is 16.0 Å². The minimum Gasteiger partial charge on any atom is -0.463 e. The first-order valence-electron chi connectivity index (χ1n) is 10.8. The van der Waals surface area contributed by atoms with E-state index in [-0.39, 0.29) is 12.6 Å². The van der Waals surface area contributed by atoms with Crippen LogP contribution in [0.15, 0.2) is 53.7 Å². The van der Waals surface area contributed by atoms with Crippen LogP contribution in [-0.2, 0) is 9.53 Å². The SMILES string of the molecule is CCCN1C(=O)NC(c2cccc(NC(=O)Nc3ccc(Cl)cc3Cl)c2)C(C(=O)OCC)=C1C. The van der Waals surface area contributed by atoms with Crippen LogP contribution in [0.25, 0.3) is 0 Å². The van der Waals surface area contributed by atoms with Crippen LogP contribution in [0.3, 0.4) is 0 Å². The van der Waals surface area contributed by atoms with Crippen LogP contribution in [0.4, 0.5) is 21.0 Å². The first kappa shape index (κ1) is 25.4. The average molecular weight is 505 g/mol. The molecule has 3 rings (SSSR count). The number of nitrogens with zero attached hydrogens (tertiary/aromatic N) is 1. The van der Waals surface area contributed by atoms with Gasteiger partial charge in [-0.2, -0.15) is 0 Å². The third-order valence-corrected chi connectivity index (χ3v) is 5.74. The normalized spacial score (nSPS) is 15.6. The third-order valence-electron chi connectivity index (χ3n) is 5.20. The van der Waals surface area contributed by atoms with Gasteiger partial charge in [-0.1, -0.05) is 42.3 Å². The second kappa shape index (κ2) is 11.3. The minimum atomic E-state index is -0.727. The number of nitrogens with one attached hydrogen (secondary N) is 3. The molecule has 0 bridgehead atoms. The van der Waals surface area contributed by atoms with Gasteiger partial charge in [0, 0.05) is 23.0 Å². The lowest BCUT2D eigenvalue weighted by Crippen LogP contribution is -2.48. The van der Waals surface area contributed by atoms with Gasteiger partial charge in [0.1, 0.15) is 0 Å². The summed E-state index contributed by atoms with van der Waals surface area (Å²) in [6.45, 7) is 6.10. The molecule has 1 heterocycles. The lowest BCUT2D eigenvalue weighted by molar-refractivity contribution is -0.139. The van der Waals surface area contributed by atoms with Crippen molar-refractivity contribution < 1.29 is 19.1 Å². The van der Waals surface area contributed by atoms with E-state index in [0.29, 0.717) is 44.8 Å². The third kappa shape index (κ3) is 5.81. The van der Waals surface area contributed by atoms with Crippen molar-refractivity contribution in [1.29, 1.82) is 0 Å². The zero-order valence-electron chi connectivity index (χ0n) is 19.1. The molecule has 4 amide bonds. The maximum Gasteiger partial charge on any atom is 0.338 e. The Kier molecular flexibility index (Phi) is 8.41. The fourth-order valence-corrected chi connectivity index (χ4v) is 4.12. The van der Waals surface area contributed by atoms with Gasteiger partial charge in [-0.3, -0.25) is 4.90 Å². The van der Waals surface area contributed by atoms with Crippen molar-refractivity contribution in [2.75, 3.05) is 23.8 Å². The molecule has 34 heavy (non-hydrogen) atoms. The van der Waals surface area contributed by atoms with Crippen molar-refractivity contribution in [3.8, 4) is 0 Å². The summed E-state index contributed by atoms with van der Waals surface area (Å²) in [6.07, 6.45) is 0.734. The fourth-order valence-electron chi connectivity index (χ4n) is 3.67. The molecule has 180 valence electrons. The number of carbonyl (C=O) groups is 3. The Morgan fingerprint density at radius 1 is 1.12 bits per heavy atom. The molecule has 0 radical (unpaired) electrons. The van der Waals surface area contributed by atoms with Gasteiger partial charge >= 0.3 is 18.0 Å². The number of carbonyl (C=O) groups excluding carboxylic acids is 3. The van der Waals surface area contributed by atoms with Gasteiger partial charge in [0.15, 0.2) is 0 Å². The highest BCUT2D eigenvalue weighted by atomic mass is 35.5. The molecule has 2 aromatic carbocycles. The lowest BCUT2D eigenvalue weighted by atomic mass is 9.94. The number of urea groups is 2. The molecule has 0 saturated heterocycles. The summed E-state index contributed by atoms with van der Waals surface area (Å²) >= 11 is 12.0. The highest BCUT2D eigenvalue weighted by molar-refractivity contribution is 6.36. The molecule has 1 atom stereocenters. The van der Waals surface area contributed by atoms with Gasteiger partial charge in [-0.15, -0.1) is 0 Å². The van der Waals surface area contributed by atoms with E-state index >= 15 is 0 Å². The molecule has 1 aliphatic rings. The maximum atomic E-state index is 12.8. The number of amides is 4. The summed E-state index contributed by atoms with van der Waals surface area (Å²) in [4.78, 5) is 39.6. The predicted octanol–water partition coefficient (Wildman–Crippen LogP) is 5.95.